The molecule has 1 heterocycles. The number of nitrogens with zero attached hydrogens (tertiary/aromatic N) is 1. The lowest BCUT2D eigenvalue weighted by Crippen LogP contribution is -2.32. The Kier molecular flexibility index (Phi) is 9.98. The van der Waals surface area contributed by atoms with Crippen LogP contribution in [-0.4, -0.2) is 42.9 Å². The molecule has 0 bridgehead atoms. The number of benzene rings is 3. The topological polar surface area (TPSA) is 74.3 Å². The van der Waals surface area contributed by atoms with E-state index in [1.54, 1.807) is 43.5 Å². The van der Waals surface area contributed by atoms with Crippen LogP contribution in [0.5, 0.6) is 23.0 Å². The van der Waals surface area contributed by atoms with Crippen molar-refractivity contribution in [3.8, 4) is 23.0 Å². The first kappa shape index (κ1) is 29.0. The molecule has 1 saturated heterocycles. The number of para-hydroxylation sites is 2. The van der Waals surface area contributed by atoms with E-state index in [-0.39, 0.29) is 40.5 Å². The van der Waals surface area contributed by atoms with Gasteiger partial charge in [0.2, 0.25) is 0 Å². The summed E-state index contributed by atoms with van der Waals surface area (Å²) in [4.78, 5) is 27.0. The van der Waals surface area contributed by atoms with Gasteiger partial charge in [-0.1, -0.05) is 29.8 Å². The van der Waals surface area contributed by atoms with Crippen LogP contribution in [-0.2, 0) is 11.4 Å². The number of amides is 2. The van der Waals surface area contributed by atoms with Crippen molar-refractivity contribution < 1.29 is 32.9 Å². The minimum atomic E-state index is -0.462. The van der Waals surface area contributed by atoms with E-state index >= 15 is 0 Å². The van der Waals surface area contributed by atoms with Gasteiger partial charge >= 0.3 is 0 Å². The summed E-state index contributed by atoms with van der Waals surface area (Å²) in [6, 6.07) is 15.1. The highest BCUT2D eigenvalue weighted by atomic mass is 127. The molecule has 0 N–H and O–H groups in total. The van der Waals surface area contributed by atoms with Gasteiger partial charge in [0.1, 0.15) is 19.0 Å². The van der Waals surface area contributed by atoms with Gasteiger partial charge in [-0.05, 0) is 89.3 Å². The van der Waals surface area contributed by atoms with E-state index in [0.29, 0.717) is 38.7 Å². The summed E-state index contributed by atoms with van der Waals surface area (Å²) in [6.07, 6.45) is 1.63. The summed E-state index contributed by atoms with van der Waals surface area (Å²) in [5, 5.41) is -0.111. The predicted molar refractivity (Wildman–Crippen MR) is 157 cm³/mol. The van der Waals surface area contributed by atoms with E-state index in [1.165, 1.54) is 12.1 Å². The Labute approximate surface area is 248 Å². The van der Waals surface area contributed by atoms with E-state index in [2.05, 4.69) is 22.6 Å². The van der Waals surface area contributed by atoms with E-state index < -0.39 is 11.7 Å². The van der Waals surface area contributed by atoms with Gasteiger partial charge in [-0.3, -0.25) is 14.5 Å². The standard InChI is InChI=1S/C28H24ClFINO6S/c1-3-36-24-14-17(13-21(31)26(24)38-16-18-19(29)7-6-8-20(18)30)15-25-27(33)32(28(34)39-25)11-12-37-23-10-5-4-9-22(23)35-2/h4-10,13-15H,3,11-12,16H2,1-2H3/b25-15-. The molecule has 4 rings (SSSR count). The number of thioether (sulfide) groups is 1. The molecule has 39 heavy (non-hydrogen) atoms. The molecule has 1 fully saturated rings. The van der Waals surface area contributed by atoms with Gasteiger partial charge in [0.15, 0.2) is 23.0 Å². The van der Waals surface area contributed by atoms with Crippen molar-refractivity contribution in [1.29, 1.82) is 0 Å². The van der Waals surface area contributed by atoms with Crippen molar-refractivity contribution in [3.63, 3.8) is 0 Å². The summed E-state index contributed by atoms with van der Waals surface area (Å²) in [7, 11) is 1.54. The van der Waals surface area contributed by atoms with Crippen molar-refractivity contribution in [1.82, 2.24) is 4.90 Å². The van der Waals surface area contributed by atoms with Crippen LogP contribution in [0.1, 0.15) is 18.1 Å². The maximum atomic E-state index is 14.2. The van der Waals surface area contributed by atoms with Crippen LogP contribution in [0.25, 0.3) is 6.08 Å². The molecule has 3 aromatic rings. The average molecular weight is 684 g/mol. The zero-order valence-electron chi connectivity index (χ0n) is 21.0. The van der Waals surface area contributed by atoms with Crippen LogP contribution in [0.15, 0.2) is 59.5 Å². The summed E-state index contributed by atoms with van der Waals surface area (Å²) in [5.74, 6) is 1.08. The molecule has 1 aliphatic rings. The fourth-order valence-corrected chi connectivity index (χ4v) is 5.58. The van der Waals surface area contributed by atoms with Crippen LogP contribution in [0, 0.1) is 9.39 Å². The number of hydrogen-bond acceptors (Lipinski definition) is 7. The van der Waals surface area contributed by atoms with Gasteiger partial charge in [0.05, 0.1) is 33.8 Å². The Morgan fingerprint density at radius 1 is 1.03 bits per heavy atom. The van der Waals surface area contributed by atoms with Crippen molar-refractivity contribution >= 4 is 63.2 Å². The molecule has 1 aliphatic heterocycles. The van der Waals surface area contributed by atoms with E-state index in [1.807, 2.05) is 19.1 Å². The highest BCUT2D eigenvalue weighted by molar-refractivity contribution is 14.1. The number of hydrogen-bond donors (Lipinski definition) is 0. The summed E-state index contributed by atoms with van der Waals surface area (Å²) >= 11 is 9.07. The van der Waals surface area contributed by atoms with Crippen LogP contribution < -0.4 is 18.9 Å². The largest absolute Gasteiger partial charge is 0.493 e. The molecular formula is C28H24ClFINO6S. The normalized spacial score (nSPS) is 14.2. The lowest BCUT2D eigenvalue weighted by molar-refractivity contribution is -0.123. The first-order valence-electron chi connectivity index (χ1n) is 11.9. The first-order chi connectivity index (χ1) is 18.8. The second-order valence-corrected chi connectivity index (χ2v) is 10.6. The molecule has 0 aromatic heterocycles. The summed E-state index contributed by atoms with van der Waals surface area (Å²) in [6.45, 7) is 2.31. The van der Waals surface area contributed by atoms with E-state index in [4.69, 9.17) is 30.5 Å². The van der Waals surface area contributed by atoms with Crippen molar-refractivity contribution in [3.05, 3.63) is 85.0 Å². The van der Waals surface area contributed by atoms with Crippen molar-refractivity contribution in [2.45, 2.75) is 13.5 Å². The number of halogens is 3. The third kappa shape index (κ3) is 6.98. The molecule has 11 heteroatoms. The predicted octanol–water partition coefficient (Wildman–Crippen LogP) is 7.19. The third-order valence-corrected chi connectivity index (χ3v) is 7.63. The lowest BCUT2D eigenvalue weighted by Gasteiger charge is -2.16. The maximum absolute atomic E-state index is 14.2. The monoisotopic (exact) mass is 683 g/mol. The minimum absolute atomic E-state index is 0.0866. The first-order valence-corrected chi connectivity index (χ1v) is 14.1. The number of rotatable bonds is 11. The quantitative estimate of drug-likeness (QED) is 0.157. The fourth-order valence-electron chi connectivity index (χ4n) is 3.72. The van der Waals surface area contributed by atoms with Gasteiger partial charge in [0, 0.05) is 5.56 Å². The van der Waals surface area contributed by atoms with Crippen LogP contribution in [0.2, 0.25) is 5.02 Å². The number of ether oxygens (including phenoxy) is 4. The minimum Gasteiger partial charge on any atom is -0.493 e. The van der Waals surface area contributed by atoms with Gasteiger partial charge in [-0.2, -0.15) is 0 Å². The average Bonchev–Trinajstić information content (AvgIpc) is 3.17. The molecule has 0 radical (unpaired) electrons. The highest BCUT2D eigenvalue weighted by Gasteiger charge is 2.35. The van der Waals surface area contributed by atoms with E-state index in [0.717, 1.165) is 16.7 Å². The molecule has 0 atom stereocenters. The Morgan fingerprint density at radius 3 is 2.51 bits per heavy atom. The smallest absolute Gasteiger partial charge is 0.293 e. The van der Waals surface area contributed by atoms with Gasteiger partial charge in [-0.25, -0.2) is 4.39 Å². The van der Waals surface area contributed by atoms with Crippen LogP contribution in [0.4, 0.5) is 9.18 Å². The van der Waals surface area contributed by atoms with Crippen molar-refractivity contribution in [2.24, 2.45) is 0 Å². The SMILES string of the molecule is CCOc1cc(/C=C2\SC(=O)N(CCOc3ccccc3OC)C2=O)cc(I)c1OCc1c(F)cccc1Cl. The fraction of sp³-hybridized carbons (Fsp3) is 0.214. The molecule has 0 aliphatic carbocycles. The number of carbonyl (C=O) groups is 2. The maximum Gasteiger partial charge on any atom is 0.293 e. The number of carbonyl (C=O) groups excluding carboxylic acids is 2. The molecule has 7 nitrogen and oxygen atoms in total. The number of methoxy groups -OCH3 is 1. The Balaban J connectivity index is 1.48. The summed E-state index contributed by atoms with van der Waals surface area (Å²) in [5.41, 5.74) is 0.889. The van der Waals surface area contributed by atoms with Gasteiger partial charge in [-0.15, -0.1) is 0 Å². The molecule has 3 aromatic carbocycles. The second kappa shape index (κ2) is 13.4. The molecular weight excluding hydrogens is 660 g/mol. The molecule has 0 saturated carbocycles. The highest BCUT2D eigenvalue weighted by Crippen LogP contribution is 2.38. The lowest BCUT2D eigenvalue weighted by atomic mass is 10.1. The zero-order chi connectivity index (χ0) is 27.9. The van der Waals surface area contributed by atoms with E-state index in [9.17, 15) is 14.0 Å². The second-order valence-electron chi connectivity index (χ2n) is 8.08. The summed E-state index contributed by atoms with van der Waals surface area (Å²) < 4.78 is 37.6. The Hall–Kier alpha value is -2.96. The number of imide groups is 1. The van der Waals surface area contributed by atoms with Gasteiger partial charge in [0.25, 0.3) is 11.1 Å². The molecule has 0 spiro atoms. The molecule has 0 unspecified atom stereocenters. The van der Waals surface area contributed by atoms with Crippen molar-refractivity contribution in [2.75, 3.05) is 26.9 Å². The zero-order valence-corrected chi connectivity index (χ0v) is 24.8. The third-order valence-electron chi connectivity index (χ3n) is 5.57. The Bertz CT molecular complexity index is 1400. The molecule has 204 valence electrons. The molecule has 2 amide bonds. The van der Waals surface area contributed by atoms with Gasteiger partial charge < -0.3 is 18.9 Å². The Morgan fingerprint density at radius 2 is 1.79 bits per heavy atom. The van der Waals surface area contributed by atoms with Crippen LogP contribution in [0.3, 0.4) is 0 Å². The van der Waals surface area contributed by atoms with Crippen LogP contribution >= 0.6 is 46.0 Å².